The second-order valence-electron chi connectivity index (χ2n) is 6.93. The molecule has 160 valence electrons. The minimum absolute atomic E-state index is 0.0605. The number of H-pyrrole nitrogens is 1. The summed E-state index contributed by atoms with van der Waals surface area (Å²) in [5, 5.41) is 12.3. The summed E-state index contributed by atoms with van der Waals surface area (Å²) >= 11 is 0. The maximum Gasteiger partial charge on any atom is 0.254 e. The normalized spacial score (nSPS) is 10.5. The fourth-order valence-corrected chi connectivity index (χ4v) is 3.18. The number of pyridine rings is 1. The third-order valence-corrected chi connectivity index (χ3v) is 4.67. The summed E-state index contributed by atoms with van der Waals surface area (Å²) in [7, 11) is 0. The average Bonchev–Trinajstić information content (AvgIpc) is 3.20. The Morgan fingerprint density at radius 1 is 0.969 bits per heavy atom. The Bertz CT molecular complexity index is 1260. The van der Waals surface area contributed by atoms with Crippen LogP contribution in [0.15, 0.2) is 72.9 Å². The molecule has 0 saturated carbocycles. The van der Waals surface area contributed by atoms with E-state index in [1.165, 1.54) is 18.3 Å². The molecule has 0 fully saturated rings. The van der Waals surface area contributed by atoms with Gasteiger partial charge in [0.1, 0.15) is 5.56 Å². The first-order valence-electron chi connectivity index (χ1n) is 9.71. The van der Waals surface area contributed by atoms with Gasteiger partial charge in [-0.05, 0) is 29.8 Å². The zero-order chi connectivity index (χ0) is 22.5. The van der Waals surface area contributed by atoms with Crippen LogP contribution in [0, 0.1) is 5.82 Å². The number of hydrogen-bond acceptors (Lipinski definition) is 5. The van der Waals surface area contributed by atoms with E-state index in [1.807, 2.05) is 30.3 Å². The standard InChI is InChI=1S/C23H19FN6O2/c24-17-7-4-12-26-22(17)28-23-19(21(25)32)20(29-30-23)15-8-10-16(11-9-15)27-18(31)13-14-5-2-1-3-6-14/h1-12H,13H2,(H2,25,32)(H,27,31)(H2,26,28,29,30). The van der Waals surface area contributed by atoms with Crippen LogP contribution in [0.5, 0.6) is 0 Å². The molecule has 0 aliphatic heterocycles. The van der Waals surface area contributed by atoms with E-state index in [4.69, 9.17) is 5.73 Å². The molecule has 2 amide bonds. The first kappa shape index (κ1) is 20.7. The van der Waals surface area contributed by atoms with Crippen LogP contribution < -0.4 is 16.4 Å². The molecule has 2 heterocycles. The Balaban J connectivity index is 1.52. The molecule has 0 atom stereocenters. The highest BCUT2D eigenvalue weighted by Crippen LogP contribution is 2.29. The van der Waals surface area contributed by atoms with Gasteiger partial charge in [-0.2, -0.15) is 5.10 Å². The van der Waals surface area contributed by atoms with Gasteiger partial charge in [0, 0.05) is 17.4 Å². The first-order valence-corrected chi connectivity index (χ1v) is 9.71. The van der Waals surface area contributed by atoms with Crippen molar-refractivity contribution in [2.45, 2.75) is 6.42 Å². The number of benzene rings is 2. The highest BCUT2D eigenvalue weighted by atomic mass is 19.1. The number of anilines is 3. The van der Waals surface area contributed by atoms with Crippen molar-refractivity contribution in [3.05, 3.63) is 89.9 Å². The van der Waals surface area contributed by atoms with Gasteiger partial charge in [-0.25, -0.2) is 9.37 Å². The van der Waals surface area contributed by atoms with Crippen molar-refractivity contribution in [3.63, 3.8) is 0 Å². The lowest BCUT2D eigenvalue weighted by Crippen LogP contribution is -2.14. The number of carbonyl (C=O) groups excluding carboxylic acids is 2. The van der Waals surface area contributed by atoms with Crippen molar-refractivity contribution in [3.8, 4) is 11.3 Å². The van der Waals surface area contributed by atoms with Gasteiger partial charge in [0.15, 0.2) is 17.5 Å². The molecule has 32 heavy (non-hydrogen) atoms. The van der Waals surface area contributed by atoms with Crippen LogP contribution in [0.4, 0.5) is 21.7 Å². The molecule has 8 nitrogen and oxygen atoms in total. The molecule has 0 bridgehead atoms. The molecule has 0 spiro atoms. The molecule has 2 aromatic carbocycles. The third kappa shape index (κ3) is 4.62. The smallest absolute Gasteiger partial charge is 0.254 e. The molecule has 5 N–H and O–H groups in total. The molecular weight excluding hydrogens is 411 g/mol. The molecule has 4 aromatic rings. The number of nitrogens with one attached hydrogen (secondary N) is 3. The van der Waals surface area contributed by atoms with E-state index >= 15 is 0 Å². The van der Waals surface area contributed by atoms with Crippen LogP contribution in [0.25, 0.3) is 11.3 Å². The van der Waals surface area contributed by atoms with Crippen molar-refractivity contribution in [1.82, 2.24) is 15.2 Å². The van der Waals surface area contributed by atoms with E-state index < -0.39 is 11.7 Å². The minimum atomic E-state index is -0.743. The predicted octanol–water partition coefficient (Wildman–Crippen LogP) is 3.63. The van der Waals surface area contributed by atoms with Crippen LogP contribution in [-0.2, 0) is 11.2 Å². The van der Waals surface area contributed by atoms with Crippen LogP contribution in [0.2, 0.25) is 0 Å². The number of halogens is 1. The van der Waals surface area contributed by atoms with Gasteiger partial charge in [0.05, 0.1) is 12.1 Å². The Morgan fingerprint density at radius 3 is 2.41 bits per heavy atom. The van der Waals surface area contributed by atoms with Gasteiger partial charge in [0.2, 0.25) is 5.91 Å². The lowest BCUT2D eigenvalue weighted by Gasteiger charge is -2.08. The topological polar surface area (TPSA) is 126 Å². The lowest BCUT2D eigenvalue weighted by atomic mass is 10.1. The van der Waals surface area contributed by atoms with Gasteiger partial charge in [-0.15, -0.1) is 0 Å². The summed E-state index contributed by atoms with van der Waals surface area (Å²) in [6.45, 7) is 0. The van der Waals surface area contributed by atoms with E-state index in [2.05, 4.69) is 25.8 Å². The number of nitrogens with zero attached hydrogens (tertiary/aromatic N) is 2. The lowest BCUT2D eigenvalue weighted by molar-refractivity contribution is -0.115. The van der Waals surface area contributed by atoms with Gasteiger partial charge in [-0.3, -0.25) is 14.7 Å². The van der Waals surface area contributed by atoms with Gasteiger partial charge in [-0.1, -0.05) is 42.5 Å². The molecule has 4 rings (SSSR count). The Kier molecular flexibility index (Phi) is 5.89. The maximum absolute atomic E-state index is 13.9. The Morgan fingerprint density at radius 2 is 1.72 bits per heavy atom. The van der Waals surface area contributed by atoms with Crippen molar-refractivity contribution < 1.29 is 14.0 Å². The van der Waals surface area contributed by atoms with E-state index in [0.717, 1.165) is 5.56 Å². The number of primary amides is 1. The summed E-state index contributed by atoms with van der Waals surface area (Å²) in [5.74, 6) is -1.50. The number of rotatable bonds is 7. The maximum atomic E-state index is 13.9. The molecule has 0 radical (unpaired) electrons. The van der Waals surface area contributed by atoms with Crippen molar-refractivity contribution >= 4 is 29.1 Å². The molecule has 9 heteroatoms. The Labute approximate surface area is 182 Å². The second-order valence-corrected chi connectivity index (χ2v) is 6.93. The zero-order valence-electron chi connectivity index (χ0n) is 16.8. The highest BCUT2D eigenvalue weighted by molar-refractivity contribution is 6.04. The number of aromatic amines is 1. The number of carbonyl (C=O) groups is 2. The number of amides is 2. The van der Waals surface area contributed by atoms with Gasteiger partial charge >= 0.3 is 0 Å². The van der Waals surface area contributed by atoms with E-state index in [9.17, 15) is 14.0 Å². The van der Waals surface area contributed by atoms with Gasteiger partial charge < -0.3 is 16.4 Å². The predicted molar refractivity (Wildman–Crippen MR) is 119 cm³/mol. The molecule has 0 unspecified atom stereocenters. The van der Waals surface area contributed by atoms with Crippen LogP contribution >= 0.6 is 0 Å². The van der Waals surface area contributed by atoms with Crippen LogP contribution in [0.1, 0.15) is 15.9 Å². The van der Waals surface area contributed by atoms with Crippen molar-refractivity contribution in [2.24, 2.45) is 5.73 Å². The summed E-state index contributed by atoms with van der Waals surface area (Å²) in [6, 6.07) is 18.9. The molecular formula is C23H19FN6O2. The molecule has 0 aliphatic rings. The van der Waals surface area contributed by atoms with Crippen molar-refractivity contribution in [2.75, 3.05) is 10.6 Å². The number of hydrogen-bond donors (Lipinski definition) is 4. The number of aromatic nitrogens is 3. The SMILES string of the molecule is NC(=O)c1c(Nc2ncccc2F)n[nH]c1-c1ccc(NC(=O)Cc2ccccc2)cc1. The van der Waals surface area contributed by atoms with Gasteiger partial charge in [0.25, 0.3) is 5.91 Å². The van der Waals surface area contributed by atoms with E-state index in [0.29, 0.717) is 16.9 Å². The fourth-order valence-electron chi connectivity index (χ4n) is 3.18. The molecule has 2 aromatic heterocycles. The fraction of sp³-hybridized carbons (Fsp3) is 0.0435. The number of nitrogens with two attached hydrogens (primary N) is 1. The quantitative estimate of drug-likeness (QED) is 0.356. The summed E-state index contributed by atoms with van der Waals surface area (Å²) in [4.78, 5) is 28.2. The van der Waals surface area contributed by atoms with Crippen molar-refractivity contribution in [1.29, 1.82) is 0 Å². The largest absolute Gasteiger partial charge is 0.365 e. The zero-order valence-corrected chi connectivity index (χ0v) is 16.8. The van der Waals surface area contributed by atoms with E-state index in [-0.39, 0.29) is 29.5 Å². The van der Waals surface area contributed by atoms with E-state index in [1.54, 1.807) is 24.3 Å². The molecule has 0 aliphatic carbocycles. The highest BCUT2D eigenvalue weighted by Gasteiger charge is 2.21. The third-order valence-electron chi connectivity index (χ3n) is 4.67. The molecule has 0 saturated heterocycles. The average molecular weight is 430 g/mol. The second kappa shape index (κ2) is 9.09. The monoisotopic (exact) mass is 430 g/mol. The van der Waals surface area contributed by atoms with Crippen LogP contribution in [0.3, 0.4) is 0 Å². The summed E-state index contributed by atoms with van der Waals surface area (Å²) in [6.07, 6.45) is 1.67. The van der Waals surface area contributed by atoms with Crippen LogP contribution in [-0.4, -0.2) is 27.0 Å². The summed E-state index contributed by atoms with van der Waals surface area (Å²) in [5.41, 5.74) is 8.10. The summed E-state index contributed by atoms with van der Waals surface area (Å²) < 4.78 is 13.9. The minimum Gasteiger partial charge on any atom is -0.365 e. The first-order chi connectivity index (χ1) is 15.5. The Hall–Kier alpha value is -4.53.